The smallest absolute Gasteiger partial charge is 0.137 e. The summed E-state index contributed by atoms with van der Waals surface area (Å²) in [4.78, 5) is 5.10. The van der Waals surface area contributed by atoms with E-state index in [9.17, 15) is 0 Å². The van der Waals surface area contributed by atoms with Crippen LogP contribution in [0, 0.1) is 0 Å². The minimum absolute atomic E-state index is 0.855. The molecule has 0 spiro atoms. The number of benzene rings is 7. The van der Waals surface area contributed by atoms with Crippen molar-refractivity contribution in [1.29, 1.82) is 0 Å². The Kier molecular flexibility index (Phi) is 7.43. The molecule has 0 aliphatic carbocycles. The zero-order valence-corrected chi connectivity index (χ0v) is 28.8. The Morgan fingerprint density at radius 2 is 0.868 bits per heavy atom. The Labute approximate surface area is 307 Å². The summed E-state index contributed by atoms with van der Waals surface area (Å²) in [5.74, 6) is 0. The van der Waals surface area contributed by atoms with Gasteiger partial charge in [-0.3, -0.25) is 4.40 Å². The molecule has 0 saturated carbocycles. The third kappa shape index (κ3) is 5.45. The van der Waals surface area contributed by atoms with E-state index in [1.807, 2.05) is 30.3 Å². The summed E-state index contributed by atoms with van der Waals surface area (Å²) in [6.07, 6.45) is 2.10. The molecule has 53 heavy (non-hydrogen) atoms. The summed E-state index contributed by atoms with van der Waals surface area (Å²) in [7, 11) is 0. The predicted molar refractivity (Wildman–Crippen MR) is 218 cm³/mol. The van der Waals surface area contributed by atoms with Crippen LogP contribution in [0.5, 0.6) is 0 Å². The van der Waals surface area contributed by atoms with Gasteiger partial charge in [0.25, 0.3) is 0 Å². The van der Waals surface area contributed by atoms with Crippen molar-refractivity contribution in [3.63, 3.8) is 0 Å². The summed E-state index contributed by atoms with van der Waals surface area (Å²) in [6, 6.07) is 66.2. The number of pyridine rings is 1. The first-order valence-corrected chi connectivity index (χ1v) is 17.9. The van der Waals surface area contributed by atoms with Crippen LogP contribution in [0.3, 0.4) is 0 Å². The maximum atomic E-state index is 5.10. The summed E-state index contributed by atoms with van der Waals surface area (Å²) >= 11 is 0. The van der Waals surface area contributed by atoms with E-state index in [2.05, 4.69) is 168 Å². The molecule has 4 nitrogen and oxygen atoms in total. The maximum absolute atomic E-state index is 5.10. The molecular formula is C49H32N4. The van der Waals surface area contributed by atoms with Crippen molar-refractivity contribution < 1.29 is 0 Å². The molecule has 248 valence electrons. The third-order valence-corrected chi connectivity index (χ3v) is 10.1. The molecule has 7 aromatic carbocycles. The van der Waals surface area contributed by atoms with Gasteiger partial charge in [0.2, 0.25) is 0 Å². The van der Waals surface area contributed by atoms with Gasteiger partial charge in [0.1, 0.15) is 17.0 Å². The third-order valence-electron chi connectivity index (χ3n) is 10.1. The summed E-state index contributed by atoms with van der Waals surface area (Å²) in [5.41, 5.74) is 13.4. The second-order valence-corrected chi connectivity index (χ2v) is 13.3. The maximum Gasteiger partial charge on any atom is 0.137 e. The van der Waals surface area contributed by atoms with E-state index in [0.717, 1.165) is 78.1 Å². The average Bonchev–Trinajstić information content (AvgIpc) is 3.63. The molecule has 0 aliphatic heterocycles. The molecule has 0 bridgehead atoms. The summed E-state index contributed by atoms with van der Waals surface area (Å²) in [5, 5.41) is 14.4. The number of imidazole rings is 1. The van der Waals surface area contributed by atoms with Gasteiger partial charge in [0, 0.05) is 39.2 Å². The highest BCUT2D eigenvalue weighted by Gasteiger charge is 2.19. The van der Waals surface area contributed by atoms with Gasteiger partial charge in [-0.05, 0) is 69.4 Å². The first-order chi connectivity index (χ1) is 26.3. The standard InChI is InChI=1S/C49H32N4/c1-3-16-34(17-4-1)46-43-24-9-10-25-44(43)47(52-51-46)40-31-38(30-39(32-40)42-26-14-20-33-15-7-8-23-41(33)42)36-21-13-22-37(29-36)49-48(35-18-5-2-6-19-35)50-45-27-11-12-28-53(45)49/h1-32H. The molecule has 0 fully saturated rings. The van der Waals surface area contributed by atoms with E-state index in [1.165, 1.54) is 16.3 Å². The molecule has 0 unspecified atom stereocenters. The quantitative estimate of drug-likeness (QED) is 0.176. The summed E-state index contributed by atoms with van der Waals surface area (Å²) in [6.45, 7) is 0. The monoisotopic (exact) mass is 676 g/mol. The fourth-order valence-electron chi connectivity index (χ4n) is 7.60. The van der Waals surface area contributed by atoms with Crippen LogP contribution in [0.4, 0.5) is 0 Å². The number of fused-ring (bicyclic) bond motifs is 3. The lowest BCUT2D eigenvalue weighted by molar-refractivity contribution is 1.06. The van der Waals surface area contributed by atoms with Crippen LogP contribution >= 0.6 is 0 Å². The van der Waals surface area contributed by atoms with Gasteiger partial charge in [-0.25, -0.2) is 4.98 Å². The van der Waals surface area contributed by atoms with Crippen molar-refractivity contribution in [3.05, 3.63) is 194 Å². The lowest BCUT2D eigenvalue weighted by atomic mass is 9.90. The molecule has 3 aromatic heterocycles. The number of nitrogens with zero attached hydrogens (tertiary/aromatic N) is 4. The number of hydrogen-bond acceptors (Lipinski definition) is 3. The van der Waals surface area contributed by atoms with E-state index in [4.69, 9.17) is 15.2 Å². The van der Waals surface area contributed by atoms with Gasteiger partial charge in [0.05, 0.1) is 11.4 Å². The van der Waals surface area contributed by atoms with Gasteiger partial charge in [0.15, 0.2) is 0 Å². The largest absolute Gasteiger partial charge is 0.299 e. The fraction of sp³-hybridized carbons (Fsp3) is 0. The van der Waals surface area contributed by atoms with E-state index >= 15 is 0 Å². The van der Waals surface area contributed by atoms with E-state index in [-0.39, 0.29) is 0 Å². The van der Waals surface area contributed by atoms with Gasteiger partial charge >= 0.3 is 0 Å². The van der Waals surface area contributed by atoms with Crippen LogP contribution in [0.1, 0.15) is 0 Å². The highest BCUT2D eigenvalue weighted by molar-refractivity contribution is 6.03. The van der Waals surface area contributed by atoms with Crippen molar-refractivity contribution in [2.24, 2.45) is 0 Å². The lowest BCUT2D eigenvalue weighted by Crippen LogP contribution is -1.96. The highest BCUT2D eigenvalue weighted by atomic mass is 15.1. The first-order valence-electron chi connectivity index (χ1n) is 17.9. The molecule has 0 radical (unpaired) electrons. The molecule has 10 aromatic rings. The number of aromatic nitrogens is 4. The van der Waals surface area contributed by atoms with Gasteiger partial charge < -0.3 is 0 Å². The Morgan fingerprint density at radius 3 is 1.64 bits per heavy atom. The Morgan fingerprint density at radius 1 is 0.340 bits per heavy atom. The van der Waals surface area contributed by atoms with Gasteiger partial charge in [-0.15, -0.1) is 10.2 Å². The molecule has 0 N–H and O–H groups in total. The van der Waals surface area contributed by atoms with Crippen LogP contribution in [-0.4, -0.2) is 19.6 Å². The number of rotatable bonds is 6. The molecule has 4 heteroatoms. The average molecular weight is 677 g/mol. The second-order valence-electron chi connectivity index (χ2n) is 13.3. The van der Waals surface area contributed by atoms with E-state index in [1.54, 1.807) is 0 Å². The zero-order chi connectivity index (χ0) is 35.1. The SMILES string of the molecule is c1ccc(-c2nc3ccccn3c2-c2cccc(-c3cc(-c4cccc5ccccc45)cc(-c4nnc(-c5ccccc5)c5ccccc45)c3)c2)cc1. The molecule has 0 atom stereocenters. The molecule has 0 saturated heterocycles. The van der Waals surface area contributed by atoms with E-state index < -0.39 is 0 Å². The van der Waals surface area contributed by atoms with Crippen LogP contribution in [-0.2, 0) is 0 Å². The van der Waals surface area contributed by atoms with Crippen LogP contribution < -0.4 is 0 Å². The molecule has 3 heterocycles. The topological polar surface area (TPSA) is 43.1 Å². The molecule has 0 amide bonds. The minimum atomic E-state index is 0.855. The number of hydrogen-bond donors (Lipinski definition) is 0. The molecule has 0 aliphatic rings. The van der Waals surface area contributed by atoms with Crippen molar-refractivity contribution in [2.75, 3.05) is 0 Å². The first kappa shape index (κ1) is 30.6. The lowest BCUT2D eigenvalue weighted by Gasteiger charge is -2.15. The molecule has 10 rings (SSSR count). The fourth-order valence-corrected chi connectivity index (χ4v) is 7.60. The van der Waals surface area contributed by atoms with E-state index in [0.29, 0.717) is 0 Å². The minimum Gasteiger partial charge on any atom is -0.299 e. The van der Waals surface area contributed by atoms with Crippen molar-refractivity contribution >= 4 is 27.2 Å². The van der Waals surface area contributed by atoms with Crippen LogP contribution in [0.2, 0.25) is 0 Å². The van der Waals surface area contributed by atoms with Crippen molar-refractivity contribution in [1.82, 2.24) is 19.6 Å². The molecular weight excluding hydrogens is 645 g/mol. The second kappa shape index (κ2) is 12.9. The van der Waals surface area contributed by atoms with Crippen molar-refractivity contribution in [3.8, 4) is 67.3 Å². The van der Waals surface area contributed by atoms with Gasteiger partial charge in [-0.1, -0.05) is 152 Å². The normalized spacial score (nSPS) is 11.4. The highest BCUT2D eigenvalue weighted by Crippen LogP contribution is 2.40. The Balaban J connectivity index is 1.20. The summed E-state index contributed by atoms with van der Waals surface area (Å²) < 4.78 is 2.19. The van der Waals surface area contributed by atoms with Crippen LogP contribution in [0.15, 0.2) is 194 Å². The van der Waals surface area contributed by atoms with Gasteiger partial charge in [-0.2, -0.15) is 0 Å². The van der Waals surface area contributed by atoms with Crippen LogP contribution in [0.25, 0.3) is 94.5 Å². The van der Waals surface area contributed by atoms with Crippen molar-refractivity contribution in [2.45, 2.75) is 0 Å². The Hall–Kier alpha value is -7.17. The Bertz CT molecular complexity index is 2940. The zero-order valence-electron chi connectivity index (χ0n) is 28.8. The predicted octanol–water partition coefficient (Wildman–Crippen LogP) is 12.4.